The Labute approximate surface area is 125 Å². The average molecular weight is 276 g/mol. The number of ether oxygens (including phenoxy) is 1. The van der Waals surface area contributed by atoms with E-state index < -0.39 is 5.41 Å². The molecule has 0 fully saturated rings. The Bertz CT molecular complexity index is 684. The molecule has 0 N–H and O–H groups in total. The molecule has 0 unspecified atom stereocenters. The van der Waals surface area contributed by atoms with Gasteiger partial charge in [0, 0.05) is 0 Å². The lowest BCUT2D eigenvalue weighted by molar-refractivity contribution is 0.0780. The summed E-state index contributed by atoms with van der Waals surface area (Å²) in [5.41, 5.74) is 2.21. The van der Waals surface area contributed by atoms with Crippen molar-refractivity contribution in [3.63, 3.8) is 0 Å². The smallest absolute Gasteiger partial charge is 0.176 e. The van der Waals surface area contributed by atoms with Crippen molar-refractivity contribution in [3.8, 4) is 5.75 Å². The van der Waals surface area contributed by atoms with Crippen molar-refractivity contribution in [2.24, 2.45) is 5.41 Å². The van der Waals surface area contributed by atoms with Crippen molar-refractivity contribution in [2.75, 3.05) is 6.61 Å². The second-order valence-corrected chi connectivity index (χ2v) is 5.61. The molecule has 0 bridgehead atoms. The van der Waals surface area contributed by atoms with Crippen LogP contribution >= 0.6 is 0 Å². The second-order valence-electron chi connectivity index (χ2n) is 5.61. The zero-order valence-electron chi connectivity index (χ0n) is 11.9. The normalized spacial score (nSPS) is 16.2. The monoisotopic (exact) mass is 276 g/mol. The molecule has 2 heteroatoms. The van der Waals surface area contributed by atoms with Gasteiger partial charge >= 0.3 is 0 Å². The maximum absolute atomic E-state index is 12.4. The van der Waals surface area contributed by atoms with Gasteiger partial charge in [0.25, 0.3) is 0 Å². The SMILES string of the molecule is [CH]C1([CH])COc2c(C)cc(Cc3ccccc3)cc2C1=O. The number of Topliss-reactive ketones (excluding diaryl/α,β-unsaturated/α-hetero) is 1. The van der Waals surface area contributed by atoms with E-state index in [1.807, 2.05) is 37.3 Å². The Balaban J connectivity index is 2.01. The highest BCUT2D eigenvalue weighted by Gasteiger charge is 2.37. The summed E-state index contributed by atoms with van der Waals surface area (Å²) < 4.78 is 5.57. The van der Waals surface area contributed by atoms with E-state index >= 15 is 0 Å². The summed E-state index contributed by atoms with van der Waals surface area (Å²) in [4.78, 5) is 12.4. The minimum Gasteiger partial charge on any atom is -0.491 e. The van der Waals surface area contributed by atoms with Gasteiger partial charge in [-0.05, 0) is 49.9 Å². The first-order chi connectivity index (χ1) is 9.97. The summed E-state index contributed by atoms with van der Waals surface area (Å²) in [6.07, 6.45) is 0.754. The second kappa shape index (κ2) is 5.03. The van der Waals surface area contributed by atoms with Crippen LogP contribution in [0, 0.1) is 26.2 Å². The van der Waals surface area contributed by atoms with Crippen LogP contribution in [-0.4, -0.2) is 12.4 Å². The van der Waals surface area contributed by atoms with Gasteiger partial charge in [-0.2, -0.15) is 0 Å². The van der Waals surface area contributed by atoms with E-state index in [-0.39, 0.29) is 12.4 Å². The summed E-state index contributed by atoms with van der Waals surface area (Å²) in [6.45, 7) is 13.5. The molecule has 3 rings (SSSR count). The lowest BCUT2D eigenvalue weighted by Gasteiger charge is -2.30. The number of hydrogen-bond donors (Lipinski definition) is 0. The van der Waals surface area contributed by atoms with Crippen LogP contribution < -0.4 is 4.74 Å². The van der Waals surface area contributed by atoms with Gasteiger partial charge in [-0.3, -0.25) is 4.79 Å². The molecule has 0 spiro atoms. The first-order valence-electron chi connectivity index (χ1n) is 6.90. The third kappa shape index (κ3) is 2.58. The van der Waals surface area contributed by atoms with Gasteiger partial charge in [0.05, 0.1) is 11.0 Å². The number of benzene rings is 2. The van der Waals surface area contributed by atoms with Crippen molar-refractivity contribution in [1.82, 2.24) is 0 Å². The van der Waals surface area contributed by atoms with Crippen molar-refractivity contribution in [3.05, 3.63) is 78.6 Å². The molecule has 4 radical (unpaired) electrons. The highest BCUT2D eigenvalue weighted by molar-refractivity contribution is 6.05. The summed E-state index contributed by atoms with van der Waals surface area (Å²) >= 11 is 0. The summed E-state index contributed by atoms with van der Waals surface area (Å²) in [6, 6.07) is 14.0. The number of carbonyl (C=O) groups is 1. The molecule has 104 valence electrons. The highest BCUT2D eigenvalue weighted by Crippen LogP contribution is 2.36. The fourth-order valence-corrected chi connectivity index (χ4v) is 2.65. The molecule has 0 atom stereocenters. The summed E-state index contributed by atoms with van der Waals surface area (Å²) in [7, 11) is 0. The van der Waals surface area contributed by atoms with Gasteiger partial charge in [0.1, 0.15) is 12.4 Å². The van der Waals surface area contributed by atoms with Crippen LogP contribution in [0.2, 0.25) is 0 Å². The van der Waals surface area contributed by atoms with Crippen LogP contribution in [0.5, 0.6) is 5.75 Å². The van der Waals surface area contributed by atoms with E-state index in [0.29, 0.717) is 11.3 Å². The standard InChI is InChI=1S/C19H16O2/c1-13-9-15(10-14-7-5-4-6-8-14)11-16-17(13)21-12-19(2,3)18(16)20/h2-9,11H,10,12H2,1H3. The van der Waals surface area contributed by atoms with Crippen LogP contribution in [0.15, 0.2) is 42.5 Å². The molecule has 21 heavy (non-hydrogen) atoms. The minimum atomic E-state index is -1.44. The third-order valence-corrected chi connectivity index (χ3v) is 3.71. The van der Waals surface area contributed by atoms with Gasteiger partial charge < -0.3 is 4.74 Å². The lowest BCUT2D eigenvalue weighted by atomic mass is 9.81. The lowest BCUT2D eigenvalue weighted by Crippen LogP contribution is -2.36. The van der Waals surface area contributed by atoms with E-state index in [9.17, 15) is 4.79 Å². The molecular formula is C19H16O2. The van der Waals surface area contributed by atoms with Crippen LogP contribution in [0.3, 0.4) is 0 Å². The molecule has 0 aromatic heterocycles. The third-order valence-electron chi connectivity index (χ3n) is 3.71. The zero-order valence-corrected chi connectivity index (χ0v) is 11.9. The predicted octanol–water partition coefficient (Wildman–Crippen LogP) is 3.57. The number of aryl methyl sites for hydroxylation is 1. The molecule has 2 nitrogen and oxygen atoms in total. The number of fused-ring (bicyclic) bond motifs is 1. The van der Waals surface area contributed by atoms with Crippen molar-refractivity contribution in [1.29, 1.82) is 0 Å². The molecule has 0 saturated heterocycles. The topological polar surface area (TPSA) is 26.3 Å². The Hall–Kier alpha value is -2.09. The molecule has 1 heterocycles. The molecule has 0 saturated carbocycles. The number of carbonyl (C=O) groups excluding carboxylic acids is 1. The fourth-order valence-electron chi connectivity index (χ4n) is 2.65. The van der Waals surface area contributed by atoms with Crippen LogP contribution in [0.25, 0.3) is 0 Å². The van der Waals surface area contributed by atoms with E-state index in [1.165, 1.54) is 5.56 Å². The van der Waals surface area contributed by atoms with Crippen molar-refractivity contribution < 1.29 is 9.53 Å². The average Bonchev–Trinajstić information content (AvgIpc) is 2.45. The van der Waals surface area contributed by atoms with Gasteiger partial charge in [0.15, 0.2) is 5.78 Å². The Kier molecular flexibility index (Phi) is 3.32. The first-order valence-corrected chi connectivity index (χ1v) is 6.90. The molecule has 2 aromatic rings. The highest BCUT2D eigenvalue weighted by atomic mass is 16.5. The molecule has 2 aromatic carbocycles. The summed E-state index contributed by atoms with van der Waals surface area (Å²) in [5.74, 6) is 0.338. The summed E-state index contributed by atoms with van der Waals surface area (Å²) in [5, 5.41) is 0. The van der Waals surface area contributed by atoms with Crippen LogP contribution in [-0.2, 0) is 6.42 Å². The number of hydrogen-bond acceptors (Lipinski definition) is 2. The maximum Gasteiger partial charge on any atom is 0.176 e. The van der Waals surface area contributed by atoms with E-state index in [4.69, 9.17) is 18.6 Å². The van der Waals surface area contributed by atoms with Crippen molar-refractivity contribution >= 4 is 5.78 Å². The zero-order chi connectivity index (χ0) is 15.0. The van der Waals surface area contributed by atoms with Crippen LogP contribution in [0.1, 0.15) is 27.0 Å². The predicted molar refractivity (Wildman–Crippen MR) is 81.3 cm³/mol. The molecule has 1 aliphatic heterocycles. The Morgan fingerprint density at radius 1 is 1.14 bits per heavy atom. The minimum absolute atomic E-state index is 0.0116. The molecule has 0 aliphatic carbocycles. The van der Waals surface area contributed by atoms with E-state index in [0.717, 1.165) is 17.5 Å². The Morgan fingerprint density at radius 3 is 2.57 bits per heavy atom. The molecule has 0 amide bonds. The fraction of sp³-hybridized carbons (Fsp3) is 0.211. The van der Waals surface area contributed by atoms with E-state index in [2.05, 4.69) is 12.1 Å². The van der Waals surface area contributed by atoms with Crippen molar-refractivity contribution in [2.45, 2.75) is 13.3 Å². The van der Waals surface area contributed by atoms with Crippen LogP contribution in [0.4, 0.5) is 0 Å². The Morgan fingerprint density at radius 2 is 1.86 bits per heavy atom. The molecular weight excluding hydrogens is 260 g/mol. The van der Waals surface area contributed by atoms with E-state index in [1.54, 1.807) is 0 Å². The maximum atomic E-state index is 12.4. The molecule has 1 aliphatic rings. The quantitative estimate of drug-likeness (QED) is 0.838. The van der Waals surface area contributed by atoms with Gasteiger partial charge in [-0.15, -0.1) is 0 Å². The number of rotatable bonds is 2. The van der Waals surface area contributed by atoms with Gasteiger partial charge in [0.2, 0.25) is 0 Å². The van der Waals surface area contributed by atoms with Gasteiger partial charge in [-0.1, -0.05) is 36.4 Å². The largest absolute Gasteiger partial charge is 0.491 e. The number of ketones is 1. The van der Waals surface area contributed by atoms with Gasteiger partial charge in [-0.25, -0.2) is 0 Å². The first kappa shape index (κ1) is 13.9.